The van der Waals surface area contributed by atoms with Gasteiger partial charge in [0.1, 0.15) is 11.8 Å². The number of aryl methyl sites for hydroxylation is 1. The molecule has 0 bridgehead atoms. The summed E-state index contributed by atoms with van der Waals surface area (Å²) >= 11 is 6.22. The Balaban J connectivity index is 1.60. The molecule has 0 radical (unpaired) electrons. The number of benzene rings is 1. The smallest absolute Gasteiger partial charge is 0.262 e. The Bertz CT molecular complexity index is 1080. The summed E-state index contributed by atoms with van der Waals surface area (Å²) in [6, 6.07) is 7.13. The highest BCUT2D eigenvalue weighted by Gasteiger charge is 2.38. The Morgan fingerprint density at radius 1 is 1.25 bits per heavy atom. The van der Waals surface area contributed by atoms with Crippen LogP contribution >= 0.6 is 11.6 Å². The summed E-state index contributed by atoms with van der Waals surface area (Å²) in [6.45, 7) is 0.422. The third-order valence-electron chi connectivity index (χ3n) is 4.89. The summed E-state index contributed by atoms with van der Waals surface area (Å²) in [5, 5.41) is 0.710. The van der Waals surface area contributed by atoms with E-state index in [0.29, 0.717) is 36.1 Å². The van der Waals surface area contributed by atoms with Crippen LogP contribution in [0.25, 0.3) is 0 Å². The lowest BCUT2D eigenvalue weighted by molar-refractivity contribution is 0.216. The lowest BCUT2D eigenvalue weighted by atomic mass is 10.1. The maximum Gasteiger partial charge on any atom is 0.262 e. The van der Waals surface area contributed by atoms with Crippen molar-refractivity contribution in [3.63, 3.8) is 0 Å². The molecule has 0 N–H and O–H groups in total. The van der Waals surface area contributed by atoms with Gasteiger partial charge in [0.2, 0.25) is 5.89 Å². The Morgan fingerprint density at radius 2 is 2.07 bits per heavy atom. The van der Waals surface area contributed by atoms with Gasteiger partial charge in [0.15, 0.2) is 5.03 Å². The fourth-order valence-corrected chi connectivity index (χ4v) is 5.29. The number of hydrogen-bond donors (Lipinski definition) is 0. The number of oxazole rings is 1. The van der Waals surface area contributed by atoms with E-state index >= 15 is 0 Å². The molecule has 9 heteroatoms. The Kier molecular flexibility index (Phi) is 5.27. The normalized spacial score (nSPS) is 18.4. The largest absolute Gasteiger partial charge is 0.444 e. The summed E-state index contributed by atoms with van der Waals surface area (Å²) in [4.78, 5) is 8.42. The molecule has 0 saturated carbocycles. The molecule has 4 rings (SSSR count). The number of halogens is 1. The van der Waals surface area contributed by atoms with Crippen LogP contribution in [0.5, 0.6) is 0 Å². The molecule has 3 heterocycles. The van der Waals surface area contributed by atoms with Gasteiger partial charge >= 0.3 is 0 Å². The van der Waals surface area contributed by atoms with Gasteiger partial charge in [0, 0.05) is 31.2 Å². The highest BCUT2D eigenvalue weighted by Crippen LogP contribution is 2.35. The first-order valence-corrected chi connectivity index (χ1v) is 10.9. The quantitative estimate of drug-likeness (QED) is 0.630. The summed E-state index contributed by atoms with van der Waals surface area (Å²) in [6.07, 6.45) is 7.54. The second-order valence-electron chi connectivity index (χ2n) is 6.94. The number of piperidine rings is 1. The molecule has 1 aliphatic rings. The van der Waals surface area contributed by atoms with Crippen molar-refractivity contribution in [1.29, 1.82) is 0 Å². The SMILES string of the molecule is Cn1cnc(S(=O)(=O)N2CCCCC2c2ncc(Cc3ccccc3Cl)o2)c1. The Labute approximate surface area is 169 Å². The topological polar surface area (TPSA) is 81.2 Å². The van der Waals surface area contributed by atoms with Crippen LogP contribution in [0, 0.1) is 0 Å². The van der Waals surface area contributed by atoms with Crippen LogP contribution in [0.15, 0.2) is 52.4 Å². The van der Waals surface area contributed by atoms with Crippen LogP contribution in [-0.4, -0.2) is 33.8 Å². The predicted octanol–water partition coefficient (Wildman–Crippen LogP) is 3.57. The summed E-state index contributed by atoms with van der Waals surface area (Å²) < 4.78 is 35.2. The second-order valence-corrected chi connectivity index (χ2v) is 9.18. The van der Waals surface area contributed by atoms with Crippen molar-refractivity contribution in [2.24, 2.45) is 7.05 Å². The molecule has 7 nitrogen and oxygen atoms in total. The maximum atomic E-state index is 13.1. The van der Waals surface area contributed by atoms with Gasteiger partial charge < -0.3 is 8.98 Å². The van der Waals surface area contributed by atoms with Crippen LogP contribution in [0.3, 0.4) is 0 Å². The molecular formula is C19H21ClN4O3S. The van der Waals surface area contributed by atoms with Gasteiger partial charge in [0.25, 0.3) is 10.0 Å². The van der Waals surface area contributed by atoms with E-state index in [2.05, 4.69) is 9.97 Å². The lowest BCUT2D eigenvalue weighted by Crippen LogP contribution is -2.38. The highest BCUT2D eigenvalue weighted by atomic mass is 35.5. The summed E-state index contributed by atoms with van der Waals surface area (Å²) in [5.74, 6) is 1.07. The van der Waals surface area contributed by atoms with Gasteiger partial charge in [-0.05, 0) is 24.5 Å². The average Bonchev–Trinajstić information content (AvgIpc) is 3.33. The molecule has 28 heavy (non-hydrogen) atoms. The lowest BCUT2D eigenvalue weighted by Gasteiger charge is -2.31. The molecule has 0 amide bonds. The minimum Gasteiger partial charge on any atom is -0.444 e. The first-order chi connectivity index (χ1) is 13.4. The number of nitrogens with zero attached hydrogens (tertiary/aromatic N) is 4. The molecule has 0 aliphatic carbocycles. The zero-order valence-corrected chi connectivity index (χ0v) is 17.0. The Morgan fingerprint density at radius 3 is 2.82 bits per heavy atom. The standard InChI is InChI=1S/C19H21ClN4O3S/c1-23-12-18(22-13-23)28(25,26)24-9-5-4-8-17(24)19-21-11-15(27-19)10-14-6-2-3-7-16(14)20/h2-3,6-7,11-13,17H,4-5,8-10H2,1H3. The van der Waals surface area contributed by atoms with E-state index < -0.39 is 16.1 Å². The van der Waals surface area contributed by atoms with Crippen molar-refractivity contribution in [3.05, 3.63) is 65.2 Å². The van der Waals surface area contributed by atoms with Crippen LogP contribution in [0.4, 0.5) is 0 Å². The van der Waals surface area contributed by atoms with E-state index in [1.54, 1.807) is 17.8 Å². The van der Waals surface area contributed by atoms with Crippen LogP contribution in [0.1, 0.15) is 42.5 Å². The van der Waals surface area contributed by atoms with Gasteiger partial charge in [-0.1, -0.05) is 36.2 Å². The minimum absolute atomic E-state index is 0.0461. The van der Waals surface area contributed by atoms with Crippen molar-refractivity contribution in [1.82, 2.24) is 18.8 Å². The third-order valence-corrected chi connectivity index (χ3v) is 7.05. The molecular weight excluding hydrogens is 400 g/mol. The van der Waals surface area contributed by atoms with Crippen molar-refractivity contribution in [3.8, 4) is 0 Å². The molecule has 1 aliphatic heterocycles. The highest BCUT2D eigenvalue weighted by molar-refractivity contribution is 7.89. The molecule has 1 saturated heterocycles. The van der Waals surface area contributed by atoms with Crippen molar-refractivity contribution in [2.75, 3.05) is 6.54 Å². The van der Waals surface area contributed by atoms with E-state index in [9.17, 15) is 8.42 Å². The van der Waals surface area contributed by atoms with Gasteiger partial charge in [-0.25, -0.2) is 18.4 Å². The second kappa shape index (κ2) is 7.69. The number of imidazole rings is 1. The van der Waals surface area contributed by atoms with E-state index in [1.165, 1.54) is 16.8 Å². The van der Waals surface area contributed by atoms with Gasteiger partial charge in [0.05, 0.1) is 12.5 Å². The molecule has 148 valence electrons. The minimum atomic E-state index is -3.71. The fourth-order valence-electron chi connectivity index (χ4n) is 3.47. The van der Waals surface area contributed by atoms with E-state index in [4.69, 9.17) is 16.0 Å². The third kappa shape index (κ3) is 3.72. The van der Waals surface area contributed by atoms with Gasteiger partial charge in [-0.3, -0.25) is 0 Å². The first kappa shape index (κ1) is 19.2. The molecule has 1 aromatic carbocycles. The van der Waals surface area contributed by atoms with Crippen molar-refractivity contribution in [2.45, 2.75) is 36.8 Å². The average molecular weight is 421 g/mol. The summed E-state index contributed by atoms with van der Waals surface area (Å²) in [5.41, 5.74) is 0.938. The molecule has 1 fully saturated rings. The summed E-state index contributed by atoms with van der Waals surface area (Å²) in [7, 11) is -1.97. The maximum absolute atomic E-state index is 13.1. The number of hydrogen-bond acceptors (Lipinski definition) is 5. The molecule has 1 atom stereocenters. The monoisotopic (exact) mass is 420 g/mol. The first-order valence-electron chi connectivity index (χ1n) is 9.13. The van der Waals surface area contributed by atoms with Crippen LogP contribution in [-0.2, 0) is 23.5 Å². The van der Waals surface area contributed by atoms with Crippen LogP contribution < -0.4 is 0 Å². The number of aromatic nitrogens is 3. The molecule has 2 aromatic heterocycles. The van der Waals surface area contributed by atoms with Crippen molar-refractivity contribution < 1.29 is 12.8 Å². The molecule has 0 spiro atoms. The predicted molar refractivity (Wildman–Crippen MR) is 104 cm³/mol. The fraction of sp³-hybridized carbons (Fsp3) is 0.368. The van der Waals surface area contributed by atoms with Gasteiger partial charge in [-0.2, -0.15) is 4.31 Å². The van der Waals surface area contributed by atoms with E-state index in [1.807, 2.05) is 24.3 Å². The Hall–Kier alpha value is -2.16. The van der Waals surface area contributed by atoms with E-state index in [-0.39, 0.29) is 5.03 Å². The van der Waals surface area contributed by atoms with Gasteiger partial charge in [-0.15, -0.1) is 0 Å². The van der Waals surface area contributed by atoms with Crippen molar-refractivity contribution >= 4 is 21.6 Å². The zero-order chi connectivity index (χ0) is 19.7. The number of rotatable bonds is 5. The molecule has 3 aromatic rings. The zero-order valence-electron chi connectivity index (χ0n) is 15.5. The van der Waals surface area contributed by atoms with E-state index in [0.717, 1.165) is 18.4 Å². The van der Waals surface area contributed by atoms with Crippen LogP contribution in [0.2, 0.25) is 5.02 Å². The molecule has 1 unspecified atom stereocenters. The number of sulfonamides is 1.